The summed E-state index contributed by atoms with van der Waals surface area (Å²) in [5.74, 6) is -0.174. The highest BCUT2D eigenvalue weighted by Crippen LogP contribution is 2.31. The molecule has 1 amide bonds. The van der Waals surface area contributed by atoms with Gasteiger partial charge in [-0.3, -0.25) is 9.69 Å². The Labute approximate surface area is 170 Å². The average Bonchev–Trinajstić information content (AvgIpc) is 3.26. The zero-order chi connectivity index (χ0) is 20.3. The molecule has 3 N–H and O–H groups in total. The maximum atomic E-state index is 12.4. The van der Waals surface area contributed by atoms with Crippen molar-refractivity contribution in [3.05, 3.63) is 35.0 Å². The molecule has 3 rings (SSSR count). The van der Waals surface area contributed by atoms with Crippen molar-refractivity contribution in [2.45, 2.75) is 48.8 Å². The zero-order valence-electron chi connectivity index (χ0n) is 15.2. The average molecular weight is 424 g/mol. The highest BCUT2D eigenvalue weighted by atomic mass is 32.2. The predicted octanol–water partition coefficient (Wildman–Crippen LogP) is 2.33. The van der Waals surface area contributed by atoms with Gasteiger partial charge in [0.15, 0.2) is 4.34 Å². The van der Waals surface area contributed by atoms with Crippen LogP contribution in [0.1, 0.15) is 47.5 Å². The molecule has 1 saturated heterocycles. The second-order valence-corrected chi connectivity index (χ2v) is 8.78. The Morgan fingerprint density at radius 1 is 1.39 bits per heavy atom. The van der Waals surface area contributed by atoms with Gasteiger partial charge in [-0.15, -0.1) is 11.3 Å². The molecule has 3 unspecified atom stereocenters. The largest absolute Gasteiger partial charge is 0.477 e. The number of pyridine rings is 1. The van der Waals surface area contributed by atoms with E-state index in [4.69, 9.17) is 5.11 Å². The van der Waals surface area contributed by atoms with Crippen molar-refractivity contribution in [1.29, 1.82) is 0 Å². The topological polar surface area (TPSA) is 124 Å². The molecule has 0 radical (unpaired) electrons. The van der Waals surface area contributed by atoms with E-state index >= 15 is 0 Å². The van der Waals surface area contributed by atoms with E-state index in [0.29, 0.717) is 34.3 Å². The SMILES string of the molecule is CCC(O)c1ccc(N2C(=O)CC(O)C2CCSc2ncc(C(=O)O)s2)nc1. The molecule has 0 aromatic carbocycles. The van der Waals surface area contributed by atoms with E-state index in [0.717, 1.165) is 11.3 Å². The summed E-state index contributed by atoms with van der Waals surface area (Å²) < 4.78 is 0.638. The lowest BCUT2D eigenvalue weighted by atomic mass is 10.1. The van der Waals surface area contributed by atoms with Crippen molar-refractivity contribution >= 4 is 40.8 Å². The van der Waals surface area contributed by atoms with Gasteiger partial charge in [0, 0.05) is 11.9 Å². The molecule has 0 saturated carbocycles. The number of aliphatic hydroxyl groups is 2. The number of amides is 1. The van der Waals surface area contributed by atoms with Crippen LogP contribution in [-0.2, 0) is 4.79 Å². The minimum atomic E-state index is -1.00. The first-order valence-electron chi connectivity index (χ1n) is 8.86. The first-order chi connectivity index (χ1) is 13.4. The highest BCUT2D eigenvalue weighted by molar-refractivity contribution is 8.01. The summed E-state index contributed by atoms with van der Waals surface area (Å²) in [6.07, 6.45) is 2.62. The van der Waals surface area contributed by atoms with Gasteiger partial charge in [0.25, 0.3) is 0 Å². The van der Waals surface area contributed by atoms with Crippen LogP contribution in [0.2, 0.25) is 0 Å². The fraction of sp³-hybridized carbons (Fsp3) is 0.444. The monoisotopic (exact) mass is 423 g/mol. The van der Waals surface area contributed by atoms with Gasteiger partial charge in [-0.05, 0) is 24.5 Å². The van der Waals surface area contributed by atoms with Crippen LogP contribution in [0.3, 0.4) is 0 Å². The molecule has 0 spiro atoms. The van der Waals surface area contributed by atoms with E-state index in [2.05, 4.69) is 9.97 Å². The van der Waals surface area contributed by atoms with Crippen LogP contribution in [-0.4, -0.2) is 55.1 Å². The maximum Gasteiger partial charge on any atom is 0.347 e. The molecule has 2 aromatic heterocycles. The van der Waals surface area contributed by atoms with Gasteiger partial charge in [0.2, 0.25) is 5.91 Å². The number of aromatic nitrogens is 2. The molecule has 10 heteroatoms. The van der Waals surface area contributed by atoms with Gasteiger partial charge in [0.1, 0.15) is 10.7 Å². The van der Waals surface area contributed by atoms with Gasteiger partial charge in [-0.2, -0.15) is 0 Å². The Bertz CT molecular complexity index is 842. The minimum Gasteiger partial charge on any atom is -0.477 e. The van der Waals surface area contributed by atoms with E-state index in [1.165, 1.54) is 22.9 Å². The van der Waals surface area contributed by atoms with Gasteiger partial charge >= 0.3 is 5.97 Å². The summed E-state index contributed by atoms with van der Waals surface area (Å²) >= 11 is 2.50. The number of hydrogen-bond acceptors (Lipinski definition) is 8. The second kappa shape index (κ2) is 8.99. The van der Waals surface area contributed by atoms with Gasteiger partial charge in [-0.25, -0.2) is 14.8 Å². The predicted molar refractivity (Wildman–Crippen MR) is 106 cm³/mol. The van der Waals surface area contributed by atoms with Gasteiger partial charge in [-0.1, -0.05) is 24.8 Å². The smallest absolute Gasteiger partial charge is 0.347 e. The lowest BCUT2D eigenvalue weighted by Gasteiger charge is -2.25. The third-order valence-electron chi connectivity index (χ3n) is 4.55. The fourth-order valence-corrected chi connectivity index (χ4v) is 4.96. The summed E-state index contributed by atoms with van der Waals surface area (Å²) in [7, 11) is 0. The zero-order valence-corrected chi connectivity index (χ0v) is 16.8. The molecule has 2 aromatic rings. The summed E-state index contributed by atoms with van der Waals surface area (Å²) in [4.78, 5) is 33.4. The highest BCUT2D eigenvalue weighted by Gasteiger charge is 2.40. The summed E-state index contributed by atoms with van der Waals surface area (Å²) in [5.41, 5.74) is 0.684. The molecular weight excluding hydrogens is 402 g/mol. The van der Waals surface area contributed by atoms with Crippen LogP contribution in [0.25, 0.3) is 0 Å². The lowest BCUT2D eigenvalue weighted by molar-refractivity contribution is -0.117. The molecule has 1 fully saturated rings. The number of thiazole rings is 1. The molecule has 0 aliphatic carbocycles. The first kappa shape index (κ1) is 20.7. The molecule has 3 heterocycles. The van der Waals surface area contributed by atoms with Crippen LogP contribution in [0, 0.1) is 0 Å². The van der Waals surface area contributed by atoms with Crippen LogP contribution in [0.15, 0.2) is 28.9 Å². The lowest BCUT2D eigenvalue weighted by Crippen LogP contribution is -2.38. The number of anilines is 1. The molecule has 28 heavy (non-hydrogen) atoms. The quantitative estimate of drug-likeness (QED) is 0.553. The number of hydrogen-bond donors (Lipinski definition) is 3. The van der Waals surface area contributed by atoms with Crippen LogP contribution in [0.5, 0.6) is 0 Å². The van der Waals surface area contributed by atoms with Crippen molar-refractivity contribution in [2.75, 3.05) is 10.7 Å². The summed E-state index contributed by atoms with van der Waals surface area (Å²) in [6.45, 7) is 1.87. The number of aromatic carboxylic acids is 1. The normalized spacial score (nSPS) is 20.5. The van der Waals surface area contributed by atoms with Crippen LogP contribution in [0.4, 0.5) is 5.82 Å². The fourth-order valence-electron chi connectivity index (χ4n) is 3.05. The number of carbonyl (C=O) groups is 2. The molecule has 8 nitrogen and oxygen atoms in total. The first-order valence-corrected chi connectivity index (χ1v) is 10.7. The van der Waals surface area contributed by atoms with E-state index in [1.54, 1.807) is 18.3 Å². The van der Waals surface area contributed by atoms with Crippen LogP contribution < -0.4 is 4.90 Å². The van der Waals surface area contributed by atoms with Crippen molar-refractivity contribution in [2.24, 2.45) is 0 Å². The molecule has 1 aliphatic rings. The number of nitrogens with zero attached hydrogens (tertiary/aromatic N) is 3. The maximum absolute atomic E-state index is 12.4. The van der Waals surface area contributed by atoms with Crippen molar-refractivity contribution < 1.29 is 24.9 Å². The van der Waals surface area contributed by atoms with E-state index in [1.807, 2.05) is 6.92 Å². The molecule has 3 atom stereocenters. The third-order valence-corrected chi connectivity index (χ3v) is 6.73. The second-order valence-electron chi connectivity index (χ2n) is 6.41. The van der Waals surface area contributed by atoms with Crippen molar-refractivity contribution in [1.82, 2.24) is 9.97 Å². The molecule has 0 bridgehead atoms. The Morgan fingerprint density at radius 3 is 2.79 bits per heavy atom. The molecule has 150 valence electrons. The number of rotatable bonds is 8. The van der Waals surface area contributed by atoms with Crippen molar-refractivity contribution in [3.8, 4) is 0 Å². The summed E-state index contributed by atoms with van der Waals surface area (Å²) in [5, 5.41) is 29.2. The number of carboxylic acid groups (broad SMARTS) is 1. The van der Waals surface area contributed by atoms with E-state index in [-0.39, 0.29) is 17.2 Å². The van der Waals surface area contributed by atoms with Gasteiger partial charge < -0.3 is 15.3 Å². The Hall–Kier alpha value is -2.01. The Balaban J connectivity index is 1.66. The Morgan fingerprint density at radius 2 is 2.18 bits per heavy atom. The third kappa shape index (κ3) is 4.52. The standard InChI is InChI=1S/C18H21N3O5S2/c1-2-12(22)10-3-4-15(19-8-10)21-11(13(23)7-16(21)24)5-6-27-18-20-9-14(28-18)17(25)26/h3-4,8-9,11-13,22-23H,2,5-7H2,1H3,(H,25,26). The van der Waals surface area contributed by atoms with Crippen molar-refractivity contribution in [3.63, 3.8) is 0 Å². The van der Waals surface area contributed by atoms with Gasteiger partial charge in [0.05, 0.1) is 30.9 Å². The molecule has 1 aliphatic heterocycles. The molecular formula is C18H21N3O5S2. The number of carboxylic acids is 1. The van der Waals surface area contributed by atoms with Crippen LogP contribution >= 0.6 is 23.1 Å². The number of aliphatic hydroxyl groups excluding tert-OH is 2. The summed E-state index contributed by atoms with van der Waals surface area (Å²) in [6, 6.07) is 3.02. The van der Waals surface area contributed by atoms with E-state index < -0.39 is 24.2 Å². The Kier molecular flexibility index (Phi) is 6.65. The number of thioether (sulfide) groups is 1. The van der Waals surface area contributed by atoms with E-state index in [9.17, 15) is 19.8 Å². The minimum absolute atomic E-state index is 0.0385. The number of carbonyl (C=O) groups excluding carboxylic acids is 1.